The second-order valence-electron chi connectivity index (χ2n) is 3.38. The number of benzene rings is 1. The highest BCUT2D eigenvalue weighted by Crippen LogP contribution is 2.24. The van der Waals surface area contributed by atoms with Crippen molar-refractivity contribution in [2.24, 2.45) is 7.05 Å². The molecule has 2 rings (SSSR count). The van der Waals surface area contributed by atoms with Crippen molar-refractivity contribution in [2.75, 3.05) is 19.0 Å². The fourth-order valence-electron chi connectivity index (χ4n) is 1.67. The number of para-hydroxylation sites is 1. The van der Waals surface area contributed by atoms with Gasteiger partial charge in [-0.3, -0.25) is 0 Å². The minimum absolute atomic E-state index is 0.786. The van der Waals surface area contributed by atoms with Crippen LogP contribution in [0.15, 0.2) is 30.5 Å². The Morgan fingerprint density at radius 1 is 1.29 bits per heavy atom. The van der Waals surface area contributed by atoms with Crippen molar-refractivity contribution in [2.45, 2.75) is 0 Å². The van der Waals surface area contributed by atoms with Gasteiger partial charge in [-0.05, 0) is 13.1 Å². The minimum Gasteiger partial charge on any atom is -0.371 e. The maximum Gasteiger partial charge on any atom is 0.0651 e. The SMILES string of the molecule is CNCNc1cn(C)c2ccccc12. The summed E-state index contributed by atoms with van der Waals surface area (Å²) in [6.07, 6.45) is 2.11. The first-order chi connectivity index (χ1) is 6.83. The number of nitrogens with zero attached hydrogens (tertiary/aromatic N) is 1. The molecule has 0 unspecified atom stereocenters. The molecule has 0 amide bonds. The van der Waals surface area contributed by atoms with E-state index in [9.17, 15) is 0 Å². The van der Waals surface area contributed by atoms with Gasteiger partial charge in [0.2, 0.25) is 0 Å². The molecule has 3 heteroatoms. The topological polar surface area (TPSA) is 29.0 Å². The van der Waals surface area contributed by atoms with Crippen LogP contribution in [-0.4, -0.2) is 18.3 Å². The van der Waals surface area contributed by atoms with Crippen LogP contribution in [0.1, 0.15) is 0 Å². The predicted octanol–water partition coefficient (Wildman–Crippen LogP) is 1.77. The highest BCUT2D eigenvalue weighted by Gasteiger charge is 2.03. The summed E-state index contributed by atoms with van der Waals surface area (Å²) < 4.78 is 2.13. The summed E-state index contributed by atoms with van der Waals surface area (Å²) in [7, 11) is 3.99. The molecule has 0 saturated carbocycles. The number of fused-ring (bicyclic) bond motifs is 1. The second-order valence-corrected chi connectivity index (χ2v) is 3.38. The first-order valence-electron chi connectivity index (χ1n) is 4.75. The third kappa shape index (κ3) is 1.46. The van der Waals surface area contributed by atoms with E-state index in [1.54, 1.807) is 0 Å². The van der Waals surface area contributed by atoms with Crippen molar-refractivity contribution >= 4 is 16.6 Å². The molecule has 0 atom stereocenters. The van der Waals surface area contributed by atoms with Crippen LogP contribution in [0.4, 0.5) is 5.69 Å². The lowest BCUT2D eigenvalue weighted by atomic mass is 10.2. The molecular formula is C11H15N3. The molecular weight excluding hydrogens is 174 g/mol. The van der Waals surface area contributed by atoms with Crippen LogP contribution in [0.5, 0.6) is 0 Å². The molecule has 0 saturated heterocycles. The highest BCUT2D eigenvalue weighted by atomic mass is 15.1. The molecule has 0 aliphatic rings. The molecule has 0 spiro atoms. The van der Waals surface area contributed by atoms with Crippen LogP contribution >= 0.6 is 0 Å². The fraction of sp³-hybridized carbons (Fsp3) is 0.273. The number of rotatable bonds is 3. The monoisotopic (exact) mass is 189 g/mol. The van der Waals surface area contributed by atoms with Crippen LogP contribution < -0.4 is 10.6 Å². The predicted molar refractivity (Wildman–Crippen MR) is 60.5 cm³/mol. The van der Waals surface area contributed by atoms with Gasteiger partial charge in [-0.2, -0.15) is 0 Å². The van der Waals surface area contributed by atoms with E-state index in [1.165, 1.54) is 16.6 Å². The summed E-state index contributed by atoms with van der Waals surface area (Å²) in [6, 6.07) is 8.38. The average Bonchev–Trinajstić information content (AvgIpc) is 2.54. The Kier molecular flexibility index (Phi) is 2.41. The zero-order valence-electron chi connectivity index (χ0n) is 8.54. The normalized spacial score (nSPS) is 10.7. The van der Waals surface area contributed by atoms with Crippen molar-refractivity contribution < 1.29 is 0 Å². The molecule has 1 heterocycles. The Bertz CT molecular complexity index is 431. The van der Waals surface area contributed by atoms with Gasteiger partial charge in [0.15, 0.2) is 0 Å². The van der Waals surface area contributed by atoms with Crippen molar-refractivity contribution in [3.63, 3.8) is 0 Å². The van der Waals surface area contributed by atoms with E-state index >= 15 is 0 Å². The van der Waals surface area contributed by atoms with E-state index in [4.69, 9.17) is 0 Å². The van der Waals surface area contributed by atoms with Gasteiger partial charge in [-0.15, -0.1) is 0 Å². The van der Waals surface area contributed by atoms with Gasteiger partial charge < -0.3 is 15.2 Å². The first-order valence-corrected chi connectivity index (χ1v) is 4.75. The van der Waals surface area contributed by atoms with Crippen LogP contribution in [0.3, 0.4) is 0 Å². The van der Waals surface area contributed by atoms with Gasteiger partial charge in [0.25, 0.3) is 0 Å². The first kappa shape index (κ1) is 9.09. The van der Waals surface area contributed by atoms with Gasteiger partial charge in [-0.1, -0.05) is 18.2 Å². The Morgan fingerprint density at radius 3 is 2.86 bits per heavy atom. The Balaban J connectivity index is 2.44. The maximum absolute atomic E-state index is 3.33. The molecule has 0 bridgehead atoms. The number of anilines is 1. The van der Waals surface area contributed by atoms with E-state index in [0.717, 1.165) is 6.67 Å². The standard InChI is InChI=1S/C11H15N3/c1-12-8-13-10-7-14(2)11-6-4-3-5-9(10)11/h3-7,12-13H,8H2,1-2H3. The number of hydrogen-bond donors (Lipinski definition) is 2. The summed E-state index contributed by atoms with van der Waals surface area (Å²) >= 11 is 0. The van der Waals surface area contributed by atoms with Crippen LogP contribution in [-0.2, 0) is 7.05 Å². The van der Waals surface area contributed by atoms with E-state index in [-0.39, 0.29) is 0 Å². The van der Waals surface area contributed by atoms with Crippen LogP contribution in [0.25, 0.3) is 10.9 Å². The van der Waals surface area contributed by atoms with Crippen molar-refractivity contribution in [3.8, 4) is 0 Å². The molecule has 0 fully saturated rings. The van der Waals surface area contributed by atoms with E-state index < -0.39 is 0 Å². The lowest BCUT2D eigenvalue weighted by Crippen LogP contribution is -2.16. The minimum atomic E-state index is 0.786. The second kappa shape index (κ2) is 3.72. The molecule has 2 aromatic rings. The quantitative estimate of drug-likeness (QED) is 0.720. The Labute approximate surface area is 83.7 Å². The van der Waals surface area contributed by atoms with Crippen LogP contribution in [0, 0.1) is 0 Å². The summed E-state index contributed by atoms with van der Waals surface area (Å²) in [4.78, 5) is 0. The van der Waals surface area contributed by atoms with Crippen molar-refractivity contribution in [1.82, 2.24) is 9.88 Å². The number of hydrogen-bond acceptors (Lipinski definition) is 2. The largest absolute Gasteiger partial charge is 0.371 e. The molecule has 0 aliphatic heterocycles. The molecule has 3 nitrogen and oxygen atoms in total. The molecule has 1 aromatic heterocycles. The fourth-order valence-corrected chi connectivity index (χ4v) is 1.67. The van der Waals surface area contributed by atoms with Gasteiger partial charge in [0.05, 0.1) is 12.4 Å². The lowest BCUT2D eigenvalue weighted by molar-refractivity contribution is 0.873. The van der Waals surface area contributed by atoms with Crippen molar-refractivity contribution in [3.05, 3.63) is 30.5 Å². The molecule has 0 radical (unpaired) electrons. The highest BCUT2D eigenvalue weighted by molar-refractivity contribution is 5.92. The molecule has 2 N–H and O–H groups in total. The van der Waals surface area contributed by atoms with E-state index in [1.807, 2.05) is 7.05 Å². The third-order valence-corrected chi connectivity index (χ3v) is 2.35. The van der Waals surface area contributed by atoms with E-state index in [0.29, 0.717) is 0 Å². The zero-order chi connectivity index (χ0) is 9.97. The van der Waals surface area contributed by atoms with Gasteiger partial charge in [-0.25, -0.2) is 0 Å². The summed E-state index contributed by atoms with van der Waals surface area (Å²) in [5, 5.41) is 7.66. The summed E-state index contributed by atoms with van der Waals surface area (Å²) in [5.41, 5.74) is 2.43. The molecule has 74 valence electrons. The maximum atomic E-state index is 3.33. The average molecular weight is 189 g/mol. The number of nitrogens with one attached hydrogen (secondary N) is 2. The Hall–Kier alpha value is -1.48. The van der Waals surface area contributed by atoms with Gasteiger partial charge in [0.1, 0.15) is 0 Å². The summed E-state index contributed by atoms with van der Waals surface area (Å²) in [5.74, 6) is 0. The molecule has 0 aliphatic carbocycles. The number of aromatic nitrogens is 1. The Morgan fingerprint density at radius 2 is 2.07 bits per heavy atom. The molecule has 14 heavy (non-hydrogen) atoms. The number of aryl methyl sites for hydroxylation is 1. The third-order valence-electron chi connectivity index (χ3n) is 2.35. The molecule has 1 aromatic carbocycles. The lowest BCUT2D eigenvalue weighted by Gasteiger charge is -2.02. The smallest absolute Gasteiger partial charge is 0.0651 e. The van der Waals surface area contributed by atoms with E-state index in [2.05, 4.69) is 52.7 Å². The van der Waals surface area contributed by atoms with Crippen LogP contribution in [0.2, 0.25) is 0 Å². The zero-order valence-corrected chi connectivity index (χ0v) is 8.54. The van der Waals surface area contributed by atoms with Gasteiger partial charge >= 0.3 is 0 Å². The summed E-state index contributed by atoms with van der Waals surface area (Å²) in [6.45, 7) is 0.786. The van der Waals surface area contributed by atoms with Gasteiger partial charge in [0, 0.05) is 24.1 Å². The van der Waals surface area contributed by atoms with Crippen molar-refractivity contribution in [1.29, 1.82) is 0 Å².